The molecule has 1 aliphatic heterocycles. The molecular weight excluding hydrogens is 212 g/mol. The van der Waals surface area contributed by atoms with Crippen molar-refractivity contribution in [3.63, 3.8) is 0 Å². The number of aliphatic hydroxyl groups is 1. The Morgan fingerprint density at radius 2 is 1.88 bits per heavy atom. The maximum absolute atomic E-state index is 10.3. The molecule has 2 rings (SSSR count). The lowest BCUT2D eigenvalue weighted by Gasteiger charge is -2.39. The van der Waals surface area contributed by atoms with Crippen molar-refractivity contribution in [2.45, 2.75) is 51.2 Å². The molecule has 0 radical (unpaired) electrons. The summed E-state index contributed by atoms with van der Waals surface area (Å²) in [5, 5.41) is 10.3. The van der Waals surface area contributed by atoms with E-state index in [2.05, 4.69) is 23.8 Å². The molecule has 100 valence electrons. The molecule has 0 aromatic rings. The zero-order valence-corrected chi connectivity index (χ0v) is 11.4. The van der Waals surface area contributed by atoms with Gasteiger partial charge in [0.05, 0.1) is 6.10 Å². The fourth-order valence-corrected chi connectivity index (χ4v) is 3.22. The van der Waals surface area contributed by atoms with Crippen LogP contribution in [0.2, 0.25) is 0 Å². The van der Waals surface area contributed by atoms with E-state index < -0.39 is 0 Å². The van der Waals surface area contributed by atoms with Crippen LogP contribution in [0.4, 0.5) is 0 Å². The molecule has 2 aliphatic rings. The Morgan fingerprint density at radius 1 is 1.18 bits per heavy atom. The molecule has 1 N–H and O–H groups in total. The summed E-state index contributed by atoms with van der Waals surface area (Å²) < 4.78 is 0. The molecule has 0 aromatic carbocycles. The van der Waals surface area contributed by atoms with E-state index in [4.69, 9.17) is 0 Å². The van der Waals surface area contributed by atoms with Crippen LogP contribution in [-0.2, 0) is 0 Å². The molecule has 17 heavy (non-hydrogen) atoms. The number of likely N-dealkylation sites (N-methyl/N-ethyl adjacent to an activating group) is 1. The van der Waals surface area contributed by atoms with Crippen LogP contribution in [0.25, 0.3) is 0 Å². The van der Waals surface area contributed by atoms with Gasteiger partial charge < -0.3 is 10.0 Å². The van der Waals surface area contributed by atoms with Crippen LogP contribution in [0.1, 0.15) is 39.0 Å². The zero-order valence-electron chi connectivity index (χ0n) is 11.4. The van der Waals surface area contributed by atoms with Gasteiger partial charge in [-0.2, -0.15) is 0 Å². The van der Waals surface area contributed by atoms with Crippen molar-refractivity contribution in [3.05, 3.63) is 0 Å². The van der Waals surface area contributed by atoms with Crippen LogP contribution in [0.3, 0.4) is 0 Å². The summed E-state index contributed by atoms with van der Waals surface area (Å²) in [5.74, 6) is 0.568. The molecule has 1 aliphatic carbocycles. The van der Waals surface area contributed by atoms with Crippen molar-refractivity contribution in [1.82, 2.24) is 9.80 Å². The lowest BCUT2D eigenvalue weighted by Crippen LogP contribution is -2.52. The third-order valence-corrected chi connectivity index (χ3v) is 4.68. The van der Waals surface area contributed by atoms with E-state index in [1.807, 2.05) is 0 Å². The highest BCUT2D eigenvalue weighted by molar-refractivity contribution is 4.81. The third-order valence-electron chi connectivity index (χ3n) is 4.68. The maximum atomic E-state index is 10.3. The smallest absolute Gasteiger partial charge is 0.0695 e. The molecule has 2 fully saturated rings. The van der Waals surface area contributed by atoms with Gasteiger partial charge in [0.2, 0.25) is 0 Å². The monoisotopic (exact) mass is 240 g/mol. The van der Waals surface area contributed by atoms with Gasteiger partial charge in [0.25, 0.3) is 0 Å². The number of β-amino-alcohol motifs (C(OH)–C–C–N with tert-alkyl or cyclic N) is 1. The second kappa shape index (κ2) is 6.17. The molecule has 1 heterocycles. The molecule has 3 heteroatoms. The van der Waals surface area contributed by atoms with Gasteiger partial charge in [0.15, 0.2) is 0 Å². The molecule has 1 saturated carbocycles. The highest BCUT2D eigenvalue weighted by Crippen LogP contribution is 2.27. The van der Waals surface area contributed by atoms with Crippen molar-refractivity contribution in [2.75, 3.05) is 33.2 Å². The molecular formula is C14H28N2O. The minimum absolute atomic E-state index is 0.0918. The summed E-state index contributed by atoms with van der Waals surface area (Å²) in [7, 11) is 2.19. The summed E-state index contributed by atoms with van der Waals surface area (Å²) in [6, 6.07) is 0.627. The lowest BCUT2D eigenvalue weighted by molar-refractivity contribution is 0.0209. The Labute approximate surface area is 106 Å². The molecule has 3 nitrogen and oxygen atoms in total. The van der Waals surface area contributed by atoms with Crippen LogP contribution in [-0.4, -0.2) is 60.3 Å². The van der Waals surface area contributed by atoms with E-state index in [1.165, 1.54) is 32.1 Å². The minimum Gasteiger partial charge on any atom is -0.392 e. The first-order valence-corrected chi connectivity index (χ1v) is 7.27. The Balaban J connectivity index is 1.76. The first-order chi connectivity index (χ1) is 8.16. The lowest BCUT2D eigenvalue weighted by atomic mass is 9.85. The maximum Gasteiger partial charge on any atom is 0.0695 e. The number of piperazine rings is 1. The largest absolute Gasteiger partial charge is 0.392 e. The second-order valence-electron chi connectivity index (χ2n) is 6.05. The van der Waals surface area contributed by atoms with Crippen LogP contribution < -0.4 is 0 Å². The summed E-state index contributed by atoms with van der Waals surface area (Å²) in [6.07, 6.45) is 6.40. The zero-order chi connectivity index (χ0) is 12.3. The fourth-order valence-electron chi connectivity index (χ4n) is 3.22. The first kappa shape index (κ1) is 13.3. The summed E-state index contributed by atoms with van der Waals surface area (Å²) in [5.41, 5.74) is 0. The molecule has 0 bridgehead atoms. The van der Waals surface area contributed by atoms with Gasteiger partial charge >= 0.3 is 0 Å². The van der Waals surface area contributed by atoms with Gasteiger partial charge in [-0.25, -0.2) is 0 Å². The van der Waals surface area contributed by atoms with Crippen molar-refractivity contribution < 1.29 is 5.11 Å². The van der Waals surface area contributed by atoms with E-state index in [0.29, 0.717) is 12.0 Å². The molecule has 0 aromatic heterocycles. The van der Waals surface area contributed by atoms with E-state index >= 15 is 0 Å². The third kappa shape index (κ3) is 3.67. The second-order valence-corrected chi connectivity index (χ2v) is 6.05. The first-order valence-electron chi connectivity index (χ1n) is 7.27. The number of rotatable bonds is 3. The number of aliphatic hydroxyl groups excluding tert-OH is 1. The van der Waals surface area contributed by atoms with Crippen molar-refractivity contribution in [1.29, 1.82) is 0 Å². The normalized spacial score (nSPS) is 31.6. The Morgan fingerprint density at radius 3 is 2.53 bits per heavy atom. The van der Waals surface area contributed by atoms with Gasteiger partial charge in [-0.15, -0.1) is 0 Å². The number of hydrogen-bond donors (Lipinski definition) is 1. The summed E-state index contributed by atoms with van der Waals surface area (Å²) in [4.78, 5) is 4.85. The molecule has 2 atom stereocenters. The van der Waals surface area contributed by atoms with Gasteiger partial charge in [-0.3, -0.25) is 4.90 Å². The van der Waals surface area contributed by atoms with Crippen molar-refractivity contribution >= 4 is 0 Å². The van der Waals surface area contributed by atoms with Crippen molar-refractivity contribution in [2.24, 2.45) is 5.92 Å². The van der Waals surface area contributed by atoms with Gasteiger partial charge in [-0.1, -0.05) is 19.3 Å². The topological polar surface area (TPSA) is 26.7 Å². The quantitative estimate of drug-likeness (QED) is 0.811. The average Bonchev–Trinajstić information content (AvgIpc) is 2.35. The number of hydrogen-bond acceptors (Lipinski definition) is 3. The Kier molecular flexibility index (Phi) is 4.83. The molecule has 2 unspecified atom stereocenters. The van der Waals surface area contributed by atoms with E-state index in [9.17, 15) is 5.11 Å². The molecule has 0 amide bonds. The van der Waals surface area contributed by atoms with Gasteiger partial charge in [0, 0.05) is 32.2 Å². The van der Waals surface area contributed by atoms with Gasteiger partial charge in [-0.05, 0) is 32.7 Å². The van der Waals surface area contributed by atoms with E-state index in [-0.39, 0.29) is 6.10 Å². The predicted molar refractivity (Wildman–Crippen MR) is 71.1 cm³/mol. The minimum atomic E-state index is -0.0918. The van der Waals surface area contributed by atoms with Crippen molar-refractivity contribution in [3.8, 4) is 0 Å². The fraction of sp³-hybridized carbons (Fsp3) is 1.00. The predicted octanol–water partition coefficient (Wildman–Crippen LogP) is 1.56. The van der Waals surface area contributed by atoms with Gasteiger partial charge in [0.1, 0.15) is 0 Å². The summed E-state index contributed by atoms with van der Waals surface area (Å²) >= 11 is 0. The molecule has 0 spiro atoms. The van der Waals surface area contributed by atoms with E-state index in [0.717, 1.165) is 26.2 Å². The number of nitrogens with zero attached hydrogens (tertiary/aromatic N) is 2. The van der Waals surface area contributed by atoms with Crippen LogP contribution >= 0.6 is 0 Å². The highest BCUT2D eigenvalue weighted by Gasteiger charge is 2.26. The Bertz CT molecular complexity index is 228. The average molecular weight is 240 g/mol. The standard InChI is InChI=1S/C14H28N2O/c1-12-10-16(9-8-15(12)2)11-14(17)13-6-4-3-5-7-13/h12-14,17H,3-11H2,1-2H3. The van der Waals surface area contributed by atoms with E-state index in [1.54, 1.807) is 0 Å². The van der Waals surface area contributed by atoms with Crippen LogP contribution in [0.15, 0.2) is 0 Å². The SMILES string of the molecule is CC1CN(CC(O)C2CCCCC2)CCN1C. The summed E-state index contributed by atoms with van der Waals surface area (Å²) in [6.45, 7) is 6.53. The van der Waals surface area contributed by atoms with Crippen LogP contribution in [0, 0.1) is 5.92 Å². The Hall–Kier alpha value is -0.120. The van der Waals surface area contributed by atoms with Crippen LogP contribution in [0.5, 0.6) is 0 Å². The highest BCUT2D eigenvalue weighted by atomic mass is 16.3. The molecule has 1 saturated heterocycles.